The van der Waals surface area contributed by atoms with E-state index >= 15 is 0 Å². The molecule has 1 rings (SSSR count). The Kier molecular flexibility index (Phi) is 6.43. The van der Waals surface area contributed by atoms with Gasteiger partial charge in [-0.25, -0.2) is 13.2 Å². The van der Waals surface area contributed by atoms with Crippen LogP contribution in [0.3, 0.4) is 0 Å². The zero-order valence-electron chi connectivity index (χ0n) is 13.3. The standard InChI is InChI=1S/C15H22BrNO4S/c1-15(2,3)21-14(18)17(4)9-6-10-22(19,20)13-8-5-7-12(16)11-13/h5,7-8,11H,6,9-10H2,1-4H3. The third kappa shape index (κ3) is 6.36. The average Bonchev–Trinajstić information content (AvgIpc) is 2.36. The van der Waals surface area contributed by atoms with Crippen molar-refractivity contribution in [1.82, 2.24) is 4.90 Å². The Morgan fingerprint density at radius 3 is 2.50 bits per heavy atom. The molecule has 0 fully saturated rings. The summed E-state index contributed by atoms with van der Waals surface area (Å²) in [6.07, 6.45) is -0.0997. The van der Waals surface area contributed by atoms with Crippen molar-refractivity contribution in [2.75, 3.05) is 19.3 Å². The molecule has 0 heterocycles. The molecule has 0 N–H and O–H groups in total. The van der Waals surface area contributed by atoms with Crippen molar-refractivity contribution in [1.29, 1.82) is 0 Å². The van der Waals surface area contributed by atoms with Crippen molar-refractivity contribution >= 4 is 31.9 Å². The molecule has 0 aliphatic heterocycles. The van der Waals surface area contributed by atoms with Crippen LogP contribution in [0, 0.1) is 0 Å². The molecule has 22 heavy (non-hydrogen) atoms. The van der Waals surface area contributed by atoms with Gasteiger partial charge in [-0.15, -0.1) is 0 Å². The molecular formula is C15H22BrNO4S. The van der Waals surface area contributed by atoms with Crippen LogP contribution in [0.1, 0.15) is 27.2 Å². The minimum Gasteiger partial charge on any atom is -0.444 e. The highest BCUT2D eigenvalue weighted by Gasteiger charge is 2.20. The number of hydrogen-bond donors (Lipinski definition) is 0. The molecular weight excluding hydrogens is 370 g/mol. The lowest BCUT2D eigenvalue weighted by Crippen LogP contribution is -2.35. The van der Waals surface area contributed by atoms with Gasteiger partial charge in [0, 0.05) is 18.1 Å². The lowest BCUT2D eigenvalue weighted by Gasteiger charge is -2.24. The first-order valence-corrected chi connectivity index (χ1v) is 9.38. The highest BCUT2D eigenvalue weighted by Crippen LogP contribution is 2.18. The fourth-order valence-corrected chi connectivity index (χ4v) is 3.59. The zero-order chi connectivity index (χ0) is 17.0. The molecule has 124 valence electrons. The molecule has 0 unspecified atom stereocenters. The van der Waals surface area contributed by atoms with E-state index in [4.69, 9.17) is 4.74 Å². The number of benzene rings is 1. The number of hydrogen-bond acceptors (Lipinski definition) is 4. The van der Waals surface area contributed by atoms with E-state index in [2.05, 4.69) is 15.9 Å². The van der Waals surface area contributed by atoms with E-state index in [1.165, 1.54) is 4.90 Å². The maximum Gasteiger partial charge on any atom is 0.410 e. The van der Waals surface area contributed by atoms with E-state index in [0.29, 0.717) is 13.0 Å². The molecule has 1 aromatic carbocycles. The van der Waals surface area contributed by atoms with E-state index < -0.39 is 21.5 Å². The molecule has 0 saturated heterocycles. The van der Waals surface area contributed by atoms with Crippen molar-refractivity contribution in [3.8, 4) is 0 Å². The first-order valence-electron chi connectivity index (χ1n) is 6.94. The Hall–Kier alpha value is -1.08. The summed E-state index contributed by atoms with van der Waals surface area (Å²) < 4.78 is 30.4. The fourth-order valence-electron chi connectivity index (χ4n) is 1.70. The first-order chi connectivity index (χ1) is 10.0. The number of halogens is 1. The topological polar surface area (TPSA) is 63.7 Å². The Labute approximate surface area is 140 Å². The van der Waals surface area contributed by atoms with Gasteiger partial charge in [-0.3, -0.25) is 0 Å². The lowest BCUT2D eigenvalue weighted by atomic mass is 10.2. The number of nitrogens with zero attached hydrogens (tertiary/aromatic N) is 1. The summed E-state index contributed by atoms with van der Waals surface area (Å²) >= 11 is 3.26. The van der Waals surface area contributed by atoms with E-state index in [1.54, 1.807) is 52.1 Å². The third-order valence-corrected chi connectivity index (χ3v) is 5.06. The minimum atomic E-state index is -3.35. The van der Waals surface area contributed by atoms with E-state index in [-0.39, 0.29) is 10.6 Å². The summed E-state index contributed by atoms with van der Waals surface area (Å²) in [5.74, 6) is -0.0173. The van der Waals surface area contributed by atoms with Gasteiger partial charge in [0.1, 0.15) is 5.60 Å². The van der Waals surface area contributed by atoms with Gasteiger partial charge in [0.25, 0.3) is 0 Å². The summed E-state index contributed by atoms with van der Waals surface area (Å²) in [4.78, 5) is 13.4. The largest absolute Gasteiger partial charge is 0.444 e. The van der Waals surface area contributed by atoms with Crippen LogP contribution in [0.15, 0.2) is 33.6 Å². The molecule has 0 spiro atoms. The van der Waals surface area contributed by atoms with Gasteiger partial charge in [-0.2, -0.15) is 0 Å². The molecule has 1 aromatic rings. The van der Waals surface area contributed by atoms with Crippen molar-refractivity contribution < 1.29 is 17.9 Å². The molecule has 0 aromatic heterocycles. The first kappa shape index (κ1) is 19.0. The van der Waals surface area contributed by atoms with E-state index in [0.717, 1.165) is 4.47 Å². The number of rotatable bonds is 5. The normalized spacial score (nSPS) is 12.0. The minimum absolute atomic E-state index is 0.0173. The summed E-state index contributed by atoms with van der Waals surface area (Å²) in [7, 11) is -1.75. The SMILES string of the molecule is CN(CCCS(=O)(=O)c1cccc(Br)c1)C(=O)OC(C)(C)C. The van der Waals surface area contributed by atoms with Crippen LogP contribution in [0.2, 0.25) is 0 Å². The fraction of sp³-hybridized carbons (Fsp3) is 0.533. The van der Waals surface area contributed by atoms with Crippen molar-refractivity contribution in [2.45, 2.75) is 37.7 Å². The predicted octanol–water partition coefficient (Wildman–Crippen LogP) is 3.48. The van der Waals surface area contributed by atoms with Gasteiger partial charge in [0.05, 0.1) is 10.6 Å². The number of sulfone groups is 1. The molecule has 1 amide bonds. The summed E-state index contributed by atoms with van der Waals surface area (Å²) in [5, 5.41) is 0. The number of carbonyl (C=O) groups is 1. The second-order valence-corrected chi connectivity index (χ2v) is 9.06. The third-order valence-electron chi connectivity index (χ3n) is 2.77. The lowest BCUT2D eigenvalue weighted by molar-refractivity contribution is 0.0299. The van der Waals surface area contributed by atoms with Gasteiger partial charge in [-0.1, -0.05) is 22.0 Å². The van der Waals surface area contributed by atoms with Crippen molar-refractivity contribution in [3.63, 3.8) is 0 Å². The summed E-state index contributed by atoms with van der Waals surface area (Å²) in [6.45, 7) is 5.69. The van der Waals surface area contributed by atoms with Crippen LogP contribution >= 0.6 is 15.9 Å². The quantitative estimate of drug-likeness (QED) is 0.770. The molecule has 7 heteroatoms. The van der Waals surface area contributed by atoms with Crippen LogP contribution in [0.4, 0.5) is 4.79 Å². The number of carbonyl (C=O) groups excluding carboxylic acids is 1. The van der Waals surface area contributed by atoms with E-state index in [1.807, 2.05) is 0 Å². The summed E-state index contributed by atoms with van der Waals surface area (Å²) in [6, 6.07) is 6.60. The summed E-state index contributed by atoms with van der Waals surface area (Å²) in [5.41, 5.74) is -0.562. The van der Waals surface area contributed by atoms with Gasteiger partial charge in [-0.05, 0) is 45.4 Å². The smallest absolute Gasteiger partial charge is 0.410 e. The molecule has 0 aliphatic rings. The Morgan fingerprint density at radius 2 is 1.95 bits per heavy atom. The predicted molar refractivity (Wildman–Crippen MR) is 89.7 cm³/mol. The number of ether oxygens (including phenoxy) is 1. The Balaban J connectivity index is 2.54. The molecule has 0 saturated carbocycles. The van der Waals surface area contributed by atoms with Crippen molar-refractivity contribution in [2.24, 2.45) is 0 Å². The van der Waals surface area contributed by atoms with Gasteiger partial charge < -0.3 is 9.64 Å². The maximum absolute atomic E-state index is 12.2. The van der Waals surface area contributed by atoms with Crippen LogP contribution in [0.25, 0.3) is 0 Å². The second-order valence-electron chi connectivity index (χ2n) is 6.03. The molecule has 0 aliphatic carbocycles. The maximum atomic E-state index is 12.2. The van der Waals surface area contributed by atoms with Crippen LogP contribution in [-0.2, 0) is 14.6 Å². The molecule has 0 bridgehead atoms. The van der Waals surface area contributed by atoms with E-state index in [9.17, 15) is 13.2 Å². The van der Waals surface area contributed by atoms with Crippen molar-refractivity contribution in [3.05, 3.63) is 28.7 Å². The van der Waals surface area contributed by atoms with Gasteiger partial charge >= 0.3 is 6.09 Å². The molecule has 5 nitrogen and oxygen atoms in total. The molecule has 0 atom stereocenters. The highest BCUT2D eigenvalue weighted by molar-refractivity contribution is 9.10. The Bertz CT molecular complexity index is 623. The van der Waals surface area contributed by atoms with Crippen LogP contribution in [-0.4, -0.2) is 44.4 Å². The van der Waals surface area contributed by atoms with Gasteiger partial charge in [0.15, 0.2) is 9.84 Å². The number of amides is 1. The zero-order valence-corrected chi connectivity index (χ0v) is 15.7. The Morgan fingerprint density at radius 1 is 1.32 bits per heavy atom. The van der Waals surface area contributed by atoms with Crippen LogP contribution < -0.4 is 0 Å². The van der Waals surface area contributed by atoms with Gasteiger partial charge in [0.2, 0.25) is 0 Å². The molecule has 0 radical (unpaired) electrons. The van der Waals surface area contributed by atoms with Crippen LogP contribution in [0.5, 0.6) is 0 Å². The monoisotopic (exact) mass is 391 g/mol. The second kappa shape index (κ2) is 7.46. The highest BCUT2D eigenvalue weighted by atomic mass is 79.9. The average molecular weight is 392 g/mol.